The minimum Gasteiger partial charge on any atom is -0.326 e. The molecule has 0 fully saturated rings. The van der Waals surface area contributed by atoms with Crippen molar-refractivity contribution in [1.82, 2.24) is 20.2 Å². The number of carbonyl (C=O) groups is 1. The molecule has 3 rings (SSSR count). The molecule has 0 aliphatic carbocycles. The molecule has 0 aliphatic heterocycles. The molecule has 1 N–H and O–H groups in total. The summed E-state index contributed by atoms with van der Waals surface area (Å²) in [5.41, 5.74) is 4.12. The zero-order chi connectivity index (χ0) is 18.6. The number of hydrogen-bond acceptors (Lipinski definition) is 4. The van der Waals surface area contributed by atoms with Gasteiger partial charge in [0, 0.05) is 12.1 Å². The average molecular weight is 349 g/mol. The Morgan fingerprint density at radius 1 is 1.12 bits per heavy atom. The number of hydrogen-bond donors (Lipinski definition) is 1. The van der Waals surface area contributed by atoms with E-state index in [4.69, 9.17) is 0 Å². The van der Waals surface area contributed by atoms with Crippen molar-refractivity contribution < 1.29 is 4.79 Å². The summed E-state index contributed by atoms with van der Waals surface area (Å²) in [5, 5.41) is 14.0. The second-order valence-electron chi connectivity index (χ2n) is 7.30. The summed E-state index contributed by atoms with van der Waals surface area (Å²) in [6.45, 7) is 6.58. The van der Waals surface area contributed by atoms with E-state index in [0.717, 1.165) is 16.9 Å². The van der Waals surface area contributed by atoms with E-state index in [1.165, 1.54) is 11.9 Å². The highest BCUT2D eigenvalue weighted by Gasteiger charge is 2.13. The molecule has 0 saturated carbocycles. The molecule has 2 aromatic carbocycles. The van der Waals surface area contributed by atoms with Crippen molar-refractivity contribution >= 4 is 11.6 Å². The third kappa shape index (κ3) is 4.53. The van der Waals surface area contributed by atoms with Crippen molar-refractivity contribution in [3.05, 3.63) is 66.0 Å². The maximum atomic E-state index is 12.3. The summed E-state index contributed by atoms with van der Waals surface area (Å²) in [5.74, 6) is -0.0150. The molecule has 6 heteroatoms. The second kappa shape index (κ2) is 7.47. The molecule has 1 amide bonds. The van der Waals surface area contributed by atoms with E-state index in [1.807, 2.05) is 24.3 Å². The number of benzene rings is 2. The quantitative estimate of drug-likeness (QED) is 0.765. The Balaban J connectivity index is 1.57. The zero-order valence-electron chi connectivity index (χ0n) is 15.3. The first-order valence-electron chi connectivity index (χ1n) is 8.64. The number of rotatable bonds is 5. The van der Waals surface area contributed by atoms with E-state index in [-0.39, 0.29) is 11.3 Å². The number of carbonyl (C=O) groups excluding carboxylic acids is 1. The lowest BCUT2D eigenvalue weighted by Gasteiger charge is -2.19. The molecule has 0 unspecified atom stereocenters. The fourth-order valence-electron chi connectivity index (χ4n) is 2.66. The largest absolute Gasteiger partial charge is 0.326 e. The van der Waals surface area contributed by atoms with E-state index in [2.05, 4.69) is 65.9 Å². The molecular formula is C20H23N5O. The lowest BCUT2D eigenvalue weighted by molar-refractivity contribution is -0.116. The number of aromatic nitrogens is 4. The Hall–Kier alpha value is -3.02. The molecule has 0 bridgehead atoms. The lowest BCUT2D eigenvalue weighted by atomic mass is 9.86. The van der Waals surface area contributed by atoms with Crippen LogP contribution in [0.2, 0.25) is 0 Å². The standard InChI is InChI=1S/C20H23N5O/c1-20(2,3)16-10-7-15(8-11-16)9-12-19(26)22-17-5-4-6-18(13-17)25-14-21-23-24-25/h4-8,10-11,13-14H,9,12H2,1-3H3,(H,22,26). The van der Waals surface area contributed by atoms with Crippen molar-refractivity contribution in [3.8, 4) is 5.69 Å². The van der Waals surface area contributed by atoms with Gasteiger partial charge in [0.2, 0.25) is 5.91 Å². The van der Waals surface area contributed by atoms with Crippen LogP contribution >= 0.6 is 0 Å². The van der Waals surface area contributed by atoms with E-state index in [9.17, 15) is 4.79 Å². The predicted molar refractivity (Wildman–Crippen MR) is 101 cm³/mol. The van der Waals surface area contributed by atoms with Crippen molar-refractivity contribution in [2.75, 3.05) is 5.32 Å². The fraction of sp³-hybridized carbons (Fsp3) is 0.300. The van der Waals surface area contributed by atoms with Crippen LogP contribution in [-0.4, -0.2) is 26.1 Å². The Morgan fingerprint density at radius 2 is 1.88 bits per heavy atom. The normalized spacial score (nSPS) is 11.3. The third-order valence-corrected chi connectivity index (χ3v) is 4.20. The van der Waals surface area contributed by atoms with E-state index in [0.29, 0.717) is 12.8 Å². The summed E-state index contributed by atoms with van der Waals surface area (Å²) in [6.07, 6.45) is 2.66. The molecule has 1 heterocycles. The van der Waals surface area contributed by atoms with Crippen LogP contribution in [0.25, 0.3) is 5.69 Å². The number of nitrogens with zero attached hydrogens (tertiary/aromatic N) is 4. The van der Waals surface area contributed by atoms with Gasteiger partial charge in [-0.3, -0.25) is 4.79 Å². The highest BCUT2D eigenvalue weighted by Crippen LogP contribution is 2.22. The molecule has 26 heavy (non-hydrogen) atoms. The van der Waals surface area contributed by atoms with Crippen LogP contribution in [0.4, 0.5) is 5.69 Å². The number of nitrogens with one attached hydrogen (secondary N) is 1. The van der Waals surface area contributed by atoms with Gasteiger partial charge < -0.3 is 5.32 Å². The van der Waals surface area contributed by atoms with Gasteiger partial charge in [0.25, 0.3) is 0 Å². The van der Waals surface area contributed by atoms with Crippen LogP contribution in [0.3, 0.4) is 0 Å². The summed E-state index contributed by atoms with van der Waals surface area (Å²) in [4.78, 5) is 12.3. The van der Waals surface area contributed by atoms with E-state index < -0.39 is 0 Å². The zero-order valence-corrected chi connectivity index (χ0v) is 15.3. The number of anilines is 1. The van der Waals surface area contributed by atoms with E-state index in [1.54, 1.807) is 4.68 Å². The van der Waals surface area contributed by atoms with Crippen molar-refractivity contribution in [1.29, 1.82) is 0 Å². The number of amides is 1. The van der Waals surface area contributed by atoms with Crippen LogP contribution in [0.15, 0.2) is 54.9 Å². The lowest BCUT2D eigenvalue weighted by Crippen LogP contribution is -2.13. The van der Waals surface area contributed by atoms with Gasteiger partial charge in [0.1, 0.15) is 6.33 Å². The molecule has 134 valence electrons. The van der Waals surface area contributed by atoms with Crippen LogP contribution in [-0.2, 0) is 16.6 Å². The topological polar surface area (TPSA) is 72.7 Å². The Kier molecular flexibility index (Phi) is 5.11. The van der Waals surface area contributed by atoms with Gasteiger partial charge >= 0.3 is 0 Å². The van der Waals surface area contributed by atoms with Gasteiger partial charge in [-0.25, -0.2) is 4.68 Å². The van der Waals surface area contributed by atoms with Gasteiger partial charge in [-0.05, 0) is 51.6 Å². The van der Waals surface area contributed by atoms with Crippen molar-refractivity contribution in [3.63, 3.8) is 0 Å². The number of tetrazole rings is 1. The Morgan fingerprint density at radius 3 is 2.54 bits per heavy atom. The van der Waals surface area contributed by atoms with Crippen molar-refractivity contribution in [2.45, 2.75) is 39.0 Å². The molecule has 0 spiro atoms. The van der Waals surface area contributed by atoms with Crippen LogP contribution in [0.1, 0.15) is 38.3 Å². The van der Waals surface area contributed by atoms with Gasteiger partial charge in [-0.1, -0.05) is 51.1 Å². The van der Waals surface area contributed by atoms with Crippen LogP contribution < -0.4 is 5.32 Å². The van der Waals surface area contributed by atoms with Crippen LogP contribution in [0.5, 0.6) is 0 Å². The van der Waals surface area contributed by atoms with Crippen molar-refractivity contribution in [2.24, 2.45) is 0 Å². The van der Waals surface area contributed by atoms with Gasteiger partial charge in [-0.15, -0.1) is 5.10 Å². The molecule has 0 atom stereocenters. The monoisotopic (exact) mass is 349 g/mol. The summed E-state index contributed by atoms with van der Waals surface area (Å²) >= 11 is 0. The summed E-state index contributed by atoms with van der Waals surface area (Å²) in [6, 6.07) is 15.9. The Labute approximate surface area is 153 Å². The smallest absolute Gasteiger partial charge is 0.224 e. The van der Waals surface area contributed by atoms with Crippen LogP contribution in [0, 0.1) is 0 Å². The highest BCUT2D eigenvalue weighted by molar-refractivity contribution is 5.91. The number of aryl methyl sites for hydroxylation is 1. The predicted octanol–water partition coefficient (Wildman–Crippen LogP) is 3.53. The molecular weight excluding hydrogens is 326 g/mol. The fourth-order valence-corrected chi connectivity index (χ4v) is 2.66. The molecule has 3 aromatic rings. The van der Waals surface area contributed by atoms with E-state index >= 15 is 0 Å². The summed E-state index contributed by atoms with van der Waals surface area (Å²) in [7, 11) is 0. The van der Waals surface area contributed by atoms with Gasteiger partial charge in [0.05, 0.1) is 5.69 Å². The SMILES string of the molecule is CC(C)(C)c1ccc(CCC(=O)Nc2cccc(-n3cnnn3)c2)cc1. The minimum atomic E-state index is -0.0150. The Bertz CT molecular complexity index is 864. The first kappa shape index (κ1) is 17.8. The summed E-state index contributed by atoms with van der Waals surface area (Å²) < 4.78 is 1.55. The maximum absolute atomic E-state index is 12.3. The first-order chi connectivity index (χ1) is 12.4. The maximum Gasteiger partial charge on any atom is 0.224 e. The first-order valence-corrected chi connectivity index (χ1v) is 8.64. The molecule has 0 saturated heterocycles. The van der Waals surface area contributed by atoms with Gasteiger partial charge in [0.15, 0.2) is 0 Å². The molecule has 1 aromatic heterocycles. The second-order valence-corrected chi connectivity index (χ2v) is 7.30. The molecule has 0 aliphatic rings. The highest BCUT2D eigenvalue weighted by atomic mass is 16.1. The van der Waals surface area contributed by atoms with Gasteiger partial charge in [-0.2, -0.15) is 0 Å². The average Bonchev–Trinajstić information content (AvgIpc) is 3.14. The molecule has 0 radical (unpaired) electrons. The minimum absolute atomic E-state index is 0.0150. The molecule has 6 nitrogen and oxygen atoms in total. The third-order valence-electron chi connectivity index (χ3n) is 4.20.